The summed E-state index contributed by atoms with van der Waals surface area (Å²) in [4.78, 5) is 21.2. The molecule has 0 heterocycles. The Bertz CT molecular complexity index is 642. The summed E-state index contributed by atoms with van der Waals surface area (Å²) in [5.41, 5.74) is 0.0555. The maximum absolute atomic E-state index is 10.9. The van der Waals surface area contributed by atoms with Crippen LogP contribution in [0.4, 0.5) is 5.69 Å². The molecule has 0 atom stereocenters. The van der Waals surface area contributed by atoms with E-state index in [0.717, 1.165) is 0 Å². The molecule has 0 saturated carbocycles. The minimum Gasteiger partial charge on any atom is -0.449 e. The van der Waals surface area contributed by atoms with Gasteiger partial charge in [-0.1, -0.05) is 23.7 Å². The van der Waals surface area contributed by atoms with Gasteiger partial charge in [-0.3, -0.25) is 14.9 Å². The van der Waals surface area contributed by atoms with Gasteiger partial charge in [-0.2, -0.15) is 0 Å². The number of benzene rings is 2. The third-order valence-corrected chi connectivity index (χ3v) is 2.62. The third-order valence-electron chi connectivity index (χ3n) is 2.38. The molecule has 19 heavy (non-hydrogen) atoms. The fourth-order valence-corrected chi connectivity index (χ4v) is 1.68. The second kappa shape index (κ2) is 5.49. The highest BCUT2D eigenvalue weighted by atomic mass is 35.5. The first-order valence-corrected chi connectivity index (χ1v) is 5.65. The molecule has 0 unspecified atom stereocenters. The molecule has 0 bridgehead atoms. The molecule has 0 aliphatic heterocycles. The molecular weight excluding hydrogens is 270 g/mol. The van der Waals surface area contributed by atoms with Crippen molar-refractivity contribution in [3.63, 3.8) is 0 Å². The first kappa shape index (κ1) is 13.0. The Balaban J connectivity index is 2.43. The molecule has 0 radical (unpaired) electrons. The zero-order valence-corrected chi connectivity index (χ0v) is 10.3. The van der Waals surface area contributed by atoms with Crippen LogP contribution in [0.25, 0.3) is 0 Å². The molecule has 0 aliphatic carbocycles. The predicted molar refractivity (Wildman–Crippen MR) is 70.0 cm³/mol. The Hall–Kier alpha value is -2.40. The minimum atomic E-state index is -0.593. The molecule has 2 rings (SSSR count). The zero-order chi connectivity index (χ0) is 13.8. The van der Waals surface area contributed by atoms with Crippen LogP contribution < -0.4 is 4.74 Å². The fraction of sp³-hybridized carbons (Fsp3) is 0. The summed E-state index contributed by atoms with van der Waals surface area (Å²) in [6, 6.07) is 10.5. The van der Waals surface area contributed by atoms with Crippen molar-refractivity contribution in [2.75, 3.05) is 0 Å². The second-order valence-corrected chi connectivity index (χ2v) is 4.06. The number of nitro benzene ring substituents is 1. The topological polar surface area (TPSA) is 69.4 Å². The van der Waals surface area contributed by atoms with Crippen LogP contribution in [0.5, 0.6) is 11.5 Å². The van der Waals surface area contributed by atoms with Crippen molar-refractivity contribution in [2.24, 2.45) is 0 Å². The molecule has 96 valence electrons. The molecule has 0 fully saturated rings. The Morgan fingerprint density at radius 1 is 1.16 bits per heavy atom. The van der Waals surface area contributed by atoms with Crippen LogP contribution in [-0.2, 0) is 0 Å². The average Bonchev–Trinajstić information content (AvgIpc) is 2.41. The van der Waals surface area contributed by atoms with E-state index in [0.29, 0.717) is 11.8 Å². The standard InChI is InChI=1S/C13H8ClNO4/c14-10-5-6-13(11(7-10)15(17)18)19-12-4-2-1-3-9(12)8-16/h1-8H. The van der Waals surface area contributed by atoms with Crippen LogP contribution in [0.2, 0.25) is 5.02 Å². The van der Waals surface area contributed by atoms with Crippen molar-refractivity contribution < 1.29 is 14.5 Å². The van der Waals surface area contributed by atoms with E-state index in [1.807, 2.05) is 0 Å². The summed E-state index contributed by atoms with van der Waals surface area (Å²) in [6.07, 6.45) is 0.622. The number of para-hydroxylation sites is 1. The van der Waals surface area contributed by atoms with E-state index in [4.69, 9.17) is 16.3 Å². The van der Waals surface area contributed by atoms with Gasteiger partial charge < -0.3 is 4.74 Å². The first-order chi connectivity index (χ1) is 9.11. The summed E-state index contributed by atoms with van der Waals surface area (Å²) in [6.45, 7) is 0. The van der Waals surface area contributed by atoms with Gasteiger partial charge in [0.05, 0.1) is 10.5 Å². The number of halogens is 1. The molecule has 0 spiro atoms. The first-order valence-electron chi connectivity index (χ1n) is 5.28. The second-order valence-electron chi connectivity index (χ2n) is 3.63. The van der Waals surface area contributed by atoms with Gasteiger partial charge in [0.1, 0.15) is 5.75 Å². The van der Waals surface area contributed by atoms with E-state index >= 15 is 0 Å². The molecule has 2 aromatic carbocycles. The van der Waals surface area contributed by atoms with Crippen molar-refractivity contribution in [1.82, 2.24) is 0 Å². The maximum Gasteiger partial charge on any atom is 0.313 e. The van der Waals surface area contributed by atoms with Gasteiger partial charge in [0.25, 0.3) is 0 Å². The van der Waals surface area contributed by atoms with Crippen molar-refractivity contribution in [3.8, 4) is 11.5 Å². The largest absolute Gasteiger partial charge is 0.449 e. The number of aldehydes is 1. The molecule has 0 saturated heterocycles. The van der Waals surface area contributed by atoms with Crippen molar-refractivity contribution in [1.29, 1.82) is 0 Å². The van der Waals surface area contributed by atoms with Crippen LogP contribution in [0, 0.1) is 10.1 Å². The lowest BCUT2D eigenvalue weighted by atomic mass is 10.2. The van der Waals surface area contributed by atoms with E-state index < -0.39 is 4.92 Å². The number of hydrogen-bond acceptors (Lipinski definition) is 4. The summed E-state index contributed by atoms with van der Waals surface area (Å²) in [5.74, 6) is 0.284. The normalized spacial score (nSPS) is 9.95. The monoisotopic (exact) mass is 277 g/mol. The Kier molecular flexibility index (Phi) is 3.77. The van der Waals surface area contributed by atoms with Crippen molar-refractivity contribution >= 4 is 23.6 Å². The molecular formula is C13H8ClNO4. The number of carbonyl (C=O) groups is 1. The Labute approximate surface area is 113 Å². The molecule has 0 N–H and O–H groups in total. The fourth-order valence-electron chi connectivity index (χ4n) is 1.51. The smallest absolute Gasteiger partial charge is 0.313 e. The van der Waals surface area contributed by atoms with Gasteiger partial charge >= 0.3 is 5.69 Å². The summed E-state index contributed by atoms with van der Waals surface area (Å²) in [7, 11) is 0. The van der Waals surface area contributed by atoms with E-state index in [1.165, 1.54) is 18.2 Å². The van der Waals surface area contributed by atoms with Gasteiger partial charge in [-0.15, -0.1) is 0 Å². The number of rotatable bonds is 4. The van der Waals surface area contributed by atoms with Crippen molar-refractivity contribution in [3.05, 3.63) is 63.2 Å². The van der Waals surface area contributed by atoms with E-state index in [2.05, 4.69) is 0 Å². The zero-order valence-electron chi connectivity index (χ0n) is 9.58. The molecule has 5 nitrogen and oxygen atoms in total. The Morgan fingerprint density at radius 2 is 1.89 bits per heavy atom. The minimum absolute atomic E-state index is 0.0312. The molecule has 2 aromatic rings. The van der Waals surface area contributed by atoms with Crippen LogP contribution in [0.3, 0.4) is 0 Å². The molecule has 6 heteroatoms. The number of ether oxygens (including phenoxy) is 1. The quantitative estimate of drug-likeness (QED) is 0.483. The number of nitrogens with zero attached hydrogens (tertiary/aromatic N) is 1. The lowest BCUT2D eigenvalue weighted by Crippen LogP contribution is -1.95. The molecule has 0 aromatic heterocycles. The van der Waals surface area contributed by atoms with E-state index in [-0.39, 0.29) is 22.2 Å². The summed E-state index contributed by atoms with van der Waals surface area (Å²) < 4.78 is 5.42. The van der Waals surface area contributed by atoms with Gasteiger partial charge in [0.15, 0.2) is 6.29 Å². The van der Waals surface area contributed by atoms with Gasteiger partial charge in [0, 0.05) is 11.1 Å². The van der Waals surface area contributed by atoms with Gasteiger partial charge in [0.2, 0.25) is 5.75 Å². The number of nitro groups is 1. The van der Waals surface area contributed by atoms with Gasteiger partial charge in [-0.05, 0) is 24.3 Å². The molecule has 0 aliphatic rings. The average molecular weight is 278 g/mol. The lowest BCUT2D eigenvalue weighted by Gasteiger charge is -2.08. The number of carbonyl (C=O) groups excluding carboxylic acids is 1. The van der Waals surface area contributed by atoms with Crippen LogP contribution in [0.15, 0.2) is 42.5 Å². The van der Waals surface area contributed by atoms with E-state index in [1.54, 1.807) is 24.3 Å². The highest BCUT2D eigenvalue weighted by molar-refractivity contribution is 6.30. The van der Waals surface area contributed by atoms with Crippen LogP contribution in [0.1, 0.15) is 10.4 Å². The van der Waals surface area contributed by atoms with Crippen LogP contribution in [-0.4, -0.2) is 11.2 Å². The summed E-state index contributed by atoms with van der Waals surface area (Å²) >= 11 is 5.71. The van der Waals surface area contributed by atoms with E-state index in [9.17, 15) is 14.9 Å². The third kappa shape index (κ3) is 2.89. The highest BCUT2D eigenvalue weighted by Crippen LogP contribution is 2.34. The van der Waals surface area contributed by atoms with Crippen molar-refractivity contribution in [2.45, 2.75) is 0 Å². The molecule has 0 amide bonds. The SMILES string of the molecule is O=Cc1ccccc1Oc1ccc(Cl)cc1[N+](=O)[O-]. The highest BCUT2D eigenvalue weighted by Gasteiger charge is 2.17. The van der Waals surface area contributed by atoms with Gasteiger partial charge in [-0.25, -0.2) is 0 Å². The predicted octanol–water partition coefficient (Wildman–Crippen LogP) is 3.85. The maximum atomic E-state index is 10.9. The summed E-state index contributed by atoms with van der Waals surface area (Å²) in [5, 5.41) is 11.2. The number of hydrogen-bond donors (Lipinski definition) is 0. The Morgan fingerprint density at radius 3 is 2.58 bits per heavy atom. The van der Waals surface area contributed by atoms with Crippen LogP contribution >= 0.6 is 11.6 Å². The lowest BCUT2D eigenvalue weighted by molar-refractivity contribution is -0.385.